The highest BCUT2D eigenvalue weighted by Crippen LogP contribution is 2.27. The maximum Gasteiger partial charge on any atom is 0.342 e. The van der Waals surface area contributed by atoms with Gasteiger partial charge in [0.2, 0.25) is 0 Å². The van der Waals surface area contributed by atoms with Gasteiger partial charge >= 0.3 is 11.6 Å². The Morgan fingerprint density at radius 1 is 1.04 bits per heavy atom. The van der Waals surface area contributed by atoms with Crippen molar-refractivity contribution in [2.75, 3.05) is 20.8 Å². The lowest BCUT2D eigenvalue weighted by Gasteiger charge is -2.10. The first kappa shape index (κ1) is 18.3. The van der Waals surface area contributed by atoms with Crippen molar-refractivity contribution in [1.29, 1.82) is 0 Å². The van der Waals surface area contributed by atoms with E-state index in [2.05, 4.69) is 0 Å². The van der Waals surface area contributed by atoms with Gasteiger partial charge in [0, 0.05) is 11.6 Å². The number of benzene rings is 1. The van der Waals surface area contributed by atoms with E-state index in [-0.39, 0.29) is 11.3 Å². The Kier molecular flexibility index (Phi) is 5.59. The molecule has 0 aliphatic rings. The molecule has 1 aromatic carbocycles. The summed E-state index contributed by atoms with van der Waals surface area (Å²) in [5.74, 6) is -0.0963. The van der Waals surface area contributed by atoms with E-state index in [1.807, 2.05) is 0 Å². The molecule has 1 heterocycles. The minimum atomic E-state index is -0.729. The number of hydrogen-bond donors (Lipinski definition) is 0. The Bertz CT molecular complexity index is 838. The summed E-state index contributed by atoms with van der Waals surface area (Å²) in [6, 6.07) is 5.84. The number of rotatable bonds is 6. The third kappa shape index (κ3) is 4.06. The fourth-order valence-electron chi connectivity index (χ4n) is 2.36. The summed E-state index contributed by atoms with van der Waals surface area (Å²) in [5.41, 5.74) is 0.337. The van der Waals surface area contributed by atoms with Crippen molar-refractivity contribution in [3.05, 3.63) is 57.1 Å². The lowest BCUT2D eigenvalue weighted by Crippen LogP contribution is -2.17. The molecule has 7 nitrogen and oxygen atoms in total. The zero-order valence-electron chi connectivity index (χ0n) is 14.4. The molecule has 132 valence electrons. The summed E-state index contributed by atoms with van der Waals surface area (Å²) in [4.78, 5) is 35.7. The smallest absolute Gasteiger partial charge is 0.342 e. The molecule has 0 atom stereocenters. The molecule has 0 N–H and O–H groups in total. The minimum Gasteiger partial charge on any atom is -0.493 e. The van der Waals surface area contributed by atoms with Gasteiger partial charge in [-0.15, -0.1) is 0 Å². The summed E-state index contributed by atoms with van der Waals surface area (Å²) in [6.45, 7) is 2.63. The van der Waals surface area contributed by atoms with Crippen LogP contribution in [0.25, 0.3) is 0 Å². The van der Waals surface area contributed by atoms with Crippen LogP contribution >= 0.6 is 0 Å². The fourth-order valence-corrected chi connectivity index (χ4v) is 2.36. The van der Waals surface area contributed by atoms with E-state index >= 15 is 0 Å². The molecule has 0 unspecified atom stereocenters. The summed E-state index contributed by atoms with van der Waals surface area (Å²) in [5, 5.41) is 0. The van der Waals surface area contributed by atoms with Crippen LogP contribution in [0.1, 0.15) is 32.0 Å². The van der Waals surface area contributed by atoms with Crippen molar-refractivity contribution in [2.45, 2.75) is 13.8 Å². The third-order valence-electron chi connectivity index (χ3n) is 3.58. The molecule has 0 saturated heterocycles. The zero-order chi connectivity index (χ0) is 18.6. The van der Waals surface area contributed by atoms with Gasteiger partial charge < -0.3 is 18.6 Å². The molecule has 7 heteroatoms. The second kappa shape index (κ2) is 7.65. The van der Waals surface area contributed by atoms with Gasteiger partial charge in [-0.1, -0.05) is 0 Å². The summed E-state index contributed by atoms with van der Waals surface area (Å²) in [7, 11) is 2.95. The van der Waals surface area contributed by atoms with E-state index in [4.69, 9.17) is 18.6 Å². The number of carbonyl (C=O) groups is 2. The predicted molar refractivity (Wildman–Crippen MR) is 88.6 cm³/mol. The molecule has 0 saturated carbocycles. The maximum absolute atomic E-state index is 12.2. The standard InChI is InChI=1S/C18H18O7/c1-10-7-16(20)25-11(2)17(10)18(21)24-9-13(19)12-5-6-14(22-3)15(8-12)23-4/h5-8H,9H2,1-4H3. The highest BCUT2D eigenvalue weighted by molar-refractivity contribution is 6.00. The van der Waals surface area contributed by atoms with Gasteiger partial charge in [-0.05, 0) is 37.6 Å². The van der Waals surface area contributed by atoms with Crippen molar-refractivity contribution >= 4 is 11.8 Å². The highest BCUT2D eigenvalue weighted by atomic mass is 16.5. The van der Waals surface area contributed by atoms with E-state index in [1.165, 1.54) is 33.3 Å². The Morgan fingerprint density at radius 2 is 1.72 bits per heavy atom. The van der Waals surface area contributed by atoms with Crippen LogP contribution in [-0.4, -0.2) is 32.6 Å². The zero-order valence-corrected chi connectivity index (χ0v) is 14.4. The molecule has 0 bridgehead atoms. The van der Waals surface area contributed by atoms with Crippen LogP contribution < -0.4 is 15.1 Å². The minimum absolute atomic E-state index is 0.139. The summed E-state index contributed by atoms with van der Waals surface area (Å²) in [6.07, 6.45) is 0. The van der Waals surface area contributed by atoms with Crippen molar-refractivity contribution in [1.82, 2.24) is 0 Å². The van der Waals surface area contributed by atoms with E-state index in [0.717, 1.165) is 0 Å². The molecule has 2 aromatic rings. The number of Topliss-reactive ketones (excluding diaryl/α,β-unsaturated/α-hetero) is 1. The number of carbonyl (C=O) groups excluding carboxylic acids is 2. The van der Waals surface area contributed by atoms with Crippen LogP contribution in [0.3, 0.4) is 0 Å². The Labute approximate surface area is 144 Å². The van der Waals surface area contributed by atoms with Crippen molar-refractivity contribution in [2.24, 2.45) is 0 Å². The molecule has 25 heavy (non-hydrogen) atoms. The fraction of sp³-hybridized carbons (Fsp3) is 0.278. The van der Waals surface area contributed by atoms with Crippen molar-refractivity contribution in [3.8, 4) is 11.5 Å². The largest absolute Gasteiger partial charge is 0.493 e. The Balaban J connectivity index is 2.12. The molecule has 0 aliphatic carbocycles. The second-order valence-electron chi connectivity index (χ2n) is 5.25. The van der Waals surface area contributed by atoms with Crippen LogP contribution in [0.2, 0.25) is 0 Å². The van der Waals surface area contributed by atoms with Gasteiger partial charge in [0.15, 0.2) is 23.9 Å². The SMILES string of the molecule is COc1ccc(C(=O)COC(=O)c2c(C)cc(=O)oc2C)cc1OC. The summed E-state index contributed by atoms with van der Waals surface area (Å²) >= 11 is 0. The molecule has 0 spiro atoms. The first-order valence-corrected chi connectivity index (χ1v) is 7.41. The molecule has 1 aromatic heterocycles. The highest BCUT2D eigenvalue weighted by Gasteiger charge is 2.19. The third-order valence-corrected chi connectivity index (χ3v) is 3.58. The van der Waals surface area contributed by atoms with Crippen molar-refractivity contribution in [3.63, 3.8) is 0 Å². The average Bonchev–Trinajstić information content (AvgIpc) is 2.58. The van der Waals surface area contributed by atoms with Gasteiger partial charge in [-0.25, -0.2) is 9.59 Å². The normalized spacial score (nSPS) is 10.2. The van der Waals surface area contributed by atoms with Gasteiger partial charge in [-0.3, -0.25) is 4.79 Å². The number of ketones is 1. The number of methoxy groups -OCH3 is 2. The topological polar surface area (TPSA) is 92.0 Å². The van der Waals surface area contributed by atoms with E-state index < -0.39 is 24.0 Å². The van der Waals surface area contributed by atoms with E-state index in [1.54, 1.807) is 19.1 Å². The van der Waals surface area contributed by atoms with Gasteiger partial charge in [0.05, 0.1) is 14.2 Å². The van der Waals surface area contributed by atoms with Gasteiger partial charge in [0.1, 0.15) is 11.3 Å². The van der Waals surface area contributed by atoms with E-state index in [0.29, 0.717) is 22.6 Å². The lowest BCUT2D eigenvalue weighted by molar-refractivity contribution is 0.0470. The first-order valence-electron chi connectivity index (χ1n) is 7.41. The van der Waals surface area contributed by atoms with Crippen LogP contribution in [0.5, 0.6) is 11.5 Å². The quantitative estimate of drug-likeness (QED) is 0.585. The molecule has 0 fully saturated rings. The number of aryl methyl sites for hydroxylation is 2. The van der Waals surface area contributed by atoms with Crippen LogP contribution in [0.15, 0.2) is 33.5 Å². The van der Waals surface area contributed by atoms with Crippen LogP contribution in [0, 0.1) is 13.8 Å². The molecule has 2 rings (SSSR count). The average molecular weight is 346 g/mol. The van der Waals surface area contributed by atoms with E-state index in [9.17, 15) is 14.4 Å². The lowest BCUT2D eigenvalue weighted by atomic mass is 10.1. The number of ether oxygens (including phenoxy) is 3. The molecular weight excluding hydrogens is 328 g/mol. The van der Waals surface area contributed by atoms with Gasteiger partial charge in [0.25, 0.3) is 0 Å². The Hall–Kier alpha value is -3.09. The first-order chi connectivity index (χ1) is 11.9. The van der Waals surface area contributed by atoms with Crippen LogP contribution in [-0.2, 0) is 4.74 Å². The molecule has 0 radical (unpaired) electrons. The number of esters is 1. The molecule has 0 amide bonds. The number of hydrogen-bond acceptors (Lipinski definition) is 7. The van der Waals surface area contributed by atoms with Crippen molar-refractivity contribution < 1.29 is 28.2 Å². The monoisotopic (exact) mass is 346 g/mol. The molecule has 0 aliphatic heterocycles. The Morgan fingerprint density at radius 3 is 2.32 bits per heavy atom. The summed E-state index contributed by atoms with van der Waals surface area (Å²) < 4.78 is 20.2. The van der Waals surface area contributed by atoms with Crippen LogP contribution in [0.4, 0.5) is 0 Å². The van der Waals surface area contributed by atoms with Gasteiger partial charge in [-0.2, -0.15) is 0 Å². The predicted octanol–water partition coefficient (Wildman–Crippen LogP) is 2.31. The molecular formula is C18H18O7. The second-order valence-corrected chi connectivity index (χ2v) is 5.25. The maximum atomic E-state index is 12.2.